The van der Waals surface area contributed by atoms with Gasteiger partial charge in [0.05, 0.1) is 6.61 Å². The van der Waals surface area contributed by atoms with Gasteiger partial charge in [-0.25, -0.2) is 0 Å². The van der Waals surface area contributed by atoms with E-state index in [1.54, 1.807) is 0 Å². The molecule has 1 N–H and O–H groups in total. The Morgan fingerprint density at radius 3 is 1.33 bits per heavy atom. The SMILES string of the molecule is CCCCCC=CCC=CCC=CCC=CCCCCCC(=O)OC(CO)COC(=O)CCCCCCCCCC=CCCCCCC. The second kappa shape index (κ2) is 39.0. The number of esters is 2. The van der Waals surface area contributed by atoms with E-state index in [1.165, 1.54) is 89.9 Å². The van der Waals surface area contributed by atoms with E-state index in [2.05, 4.69) is 74.6 Å². The number of carbonyl (C=O) groups is 2. The highest BCUT2D eigenvalue weighted by Crippen LogP contribution is 2.12. The first kappa shape index (κ1) is 45.6. The summed E-state index contributed by atoms with van der Waals surface area (Å²) in [6, 6.07) is 0. The minimum atomic E-state index is -0.791. The highest BCUT2D eigenvalue weighted by Gasteiger charge is 2.16. The normalized spacial score (nSPS) is 12.8. The lowest BCUT2D eigenvalue weighted by Crippen LogP contribution is -2.28. The summed E-state index contributed by atoms with van der Waals surface area (Å²) < 4.78 is 10.6. The summed E-state index contributed by atoms with van der Waals surface area (Å²) in [6.07, 6.45) is 49.9. The van der Waals surface area contributed by atoms with Gasteiger partial charge in [0.15, 0.2) is 6.10 Å². The fraction of sp³-hybridized carbons (Fsp3) is 0.721. The average Bonchev–Trinajstić information content (AvgIpc) is 3.09. The summed E-state index contributed by atoms with van der Waals surface area (Å²) in [5, 5.41) is 9.55. The van der Waals surface area contributed by atoms with Crippen molar-refractivity contribution in [1.29, 1.82) is 0 Å². The number of unbranched alkanes of at least 4 members (excludes halogenated alkanes) is 17. The van der Waals surface area contributed by atoms with E-state index in [4.69, 9.17) is 9.47 Å². The predicted octanol–water partition coefficient (Wildman–Crippen LogP) is 12.4. The first-order valence-corrected chi connectivity index (χ1v) is 19.8. The number of aliphatic hydroxyl groups is 1. The zero-order valence-electron chi connectivity index (χ0n) is 31.2. The minimum absolute atomic E-state index is 0.0830. The van der Waals surface area contributed by atoms with Gasteiger partial charge in [-0.05, 0) is 83.5 Å². The smallest absolute Gasteiger partial charge is 0.306 e. The lowest BCUT2D eigenvalue weighted by Gasteiger charge is -2.15. The van der Waals surface area contributed by atoms with Crippen LogP contribution in [0.5, 0.6) is 0 Å². The van der Waals surface area contributed by atoms with Crippen molar-refractivity contribution >= 4 is 11.9 Å². The van der Waals surface area contributed by atoms with E-state index in [0.29, 0.717) is 12.8 Å². The Hall–Kier alpha value is -2.40. The second-order valence-electron chi connectivity index (χ2n) is 13.0. The summed E-state index contributed by atoms with van der Waals surface area (Å²) in [5.41, 5.74) is 0. The molecule has 0 bridgehead atoms. The van der Waals surface area contributed by atoms with Crippen LogP contribution < -0.4 is 0 Å². The van der Waals surface area contributed by atoms with Gasteiger partial charge in [0.2, 0.25) is 0 Å². The van der Waals surface area contributed by atoms with Gasteiger partial charge in [0, 0.05) is 12.8 Å². The molecule has 0 aliphatic heterocycles. The summed E-state index contributed by atoms with van der Waals surface area (Å²) in [5.74, 6) is -0.635. The van der Waals surface area contributed by atoms with Crippen LogP contribution in [-0.2, 0) is 19.1 Å². The van der Waals surface area contributed by atoms with E-state index in [-0.39, 0.29) is 25.2 Å². The fourth-order valence-corrected chi connectivity index (χ4v) is 5.24. The number of aliphatic hydroxyl groups excluding tert-OH is 1. The second-order valence-corrected chi connectivity index (χ2v) is 13.0. The van der Waals surface area contributed by atoms with Gasteiger partial charge in [0.25, 0.3) is 0 Å². The summed E-state index contributed by atoms with van der Waals surface area (Å²) >= 11 is 0. The van der Waals surface area contributed by atoms with Crippen molar-refractivity contribution in [2.45, 2.75) is 187 Å². The van der Waals surface area contributed by atoms with Crippen LogP contribution in [0.15, 0.2) is 60.8 Å². The Morgan fingerprint density at radius 2 is 0.833 bits per heavy atom. The zero-order valence-corrected chi connectivity index (χ0v) is 31.2. The molecule has 0 heterocycles. The Morgan fingerprint density at radius 1 is 0.479 bits per heavy atom. The molecule has 1 unspecified atom stereocenters. The topological polar surface area (TPSA) is 72.8 Å². The van der Waals surface area contributed by atoms with Crippen LogP contribution in [-0.4, -0.2) is 36.4 Å². The number of ether oxygens (including phenoxy) is 2. The number of hydrogen-bond acceptors (Lipinski definition) is 5. The molecule has 5 heteroatoms. The Balaban J connectivity index is 3.65. The Labute approximate surface area is 296 Å². The first-order valence-electron chi connectivity index (χ1n) is 19.8. The maximum Gasteiger partial charge on any atom is 0.306 e. The third kappa shape index (κ3) is 36.4. The Bertz CT molecular complexity index is 853. The third-order valence-corrected chi connectivity index (χ3v) is 8.28. The van der Waals surface area contributed by atoms with E-state index >= 15 is 0 Å². The van der Waals surface area contributed by atoms with Crippen molar-refractivity contribution in [3.63, 3.8) is 0 Å². The lowest BCUT2D eigenvalue weighted by atomic mass is 10.1. The van der Waals surface area contributed by atoms with Crippen LogP contribution in [0.4, 0.5) is 0 Å². The molecule has 0 aliphatic carbocycles. The molecule has 0 spiro atoms. The van der Waals surface area contributed by atoms with Crippen LogP contribution in [0.3, 0.4) is 0 Å². The van der Waals surface area contributed by atoms with Crippen LogP contribution >= 0.6 is 0 Å². The number of carbonyl (C=O) groups excluding carboxylic acids is 2. The van der Waals surface area contributed by atoms with Crippen molar-refractivity contribution < 1.29 is 24.2 Å². The van der Waals surface area contributed by atoms with Crippen LogP contribution in [0, 0.1) is 0 Å². The van der Waals surface area contributed by atoms with Gasteiger partial charge in [0.1, 0.15) is 6.61 Å². The maximum absolute atomic E-state index is 12.2. The van der Waals surface area contributed by atoms with Gasteiger partial charge >= 0.3 is 11.9 Å². The molecule has 276 valence electrons. The fourth-order valence-electron chi connectivity index (χ4n) is 5.24. The molecule has 5 nitrogen and oxygen atoms in total. The molecule has 0 amide bonds. The molecule has 0 radical (unpaired) electrons. The van der Waals surface area contributed by atoms with Crippen molar-refractivity contribution in [2.75, 3.05) is 13.2 Å². The molecule has 0 aromatic heterocycles. The highest BCUT2D eigenvalue weighted by molar-refractivity contribution is 5.70. The average molecular weight is 671 g/mol. The van der Waals surface area contributed by atoms with E-state index < -0.39 is 6.10 Å². The molecule has 48 heavy (non-hydrogen) atoms. The maximum atomic E-state index is 12.2. The molecular formula is C43H74O5. The van der Waals surface area contributed by atoms with Crippen molar-refractivity contribution in [3.8, 4) is 0 Å². The molecule has 0 aromatic carbocycles. The first-order chi connectivity index (χ1) is 23.6. The standard InChI is InChI=1S/C43H74O5/c1-3-5-7-9-11-13-15-17-19-20-21-22-24-26-28-30-32-34-36-38-43(46)48-41(39-44)40-47-42(45)37-35-33-31-29-27-25-23-18-16-14-12-10-8-6-4-2/h11,13-14,16-17,19,21-22,26,28,41,44H,3-10,12,15,18,20,23-25,27,29-40H2,1-2H3. The lowest BCUT2D eigenvalue weighted by molar-refractivity contribution is -0.161. The van der Waals surface area contributed by atoms with Crippen LogP contribution in [0.25, 0.3) is 0 Å². The van der Waals surface area contributed by atoms with Gasteiger partial charge in [-0.1, -0.05) is 145 Å². The molecule has 1 atom stereocenters. The molecule has 0 aliphatic rings. The molecule has 0 rings (SSSR count). The molecule has 0 fully saturated rings. The minimum Gasteiger partial charge on any atom is -0.462 e. The number of rotatable bonds is 35. The predicted molar refractivity (Wildman–Crippen MR) is 205 cm³/mol. The van der Waals surface area contributed by atoms with Gasteiger partial charge < -0.3 is 14.6 Å². The summed E-state index contributed by atoms with van der Waals surface area (Å²) in [7, 11) is 0. The van der Waals surface area contributed by atoms with Crippen molar-refractivity contribution in [2.24, 2.45) is 0 Å². The largest absolute Gasteiger partial charge is 0.462 e. The van der Waals surface area contributed by atoms with E-state index in [0.717, 1.165) is 64.2 Å². The quantitative estimate of drug-likeness (QED) is 0.0413. The number of hydrogen-bond donors (Lipinski definition) is 1. The van der Waals surface area contributed by atoms with Gasteiger partial charge in [-0.3, -0.25) is 9.59 Å². The summed E-state index contributed by atoms with van der Waals surface area (Å²) in [4.78, 5) is 24.2. The monoisotopic (exact) mass is 671 g/mol. The van der Waals surface area contributed by atoms with Gasteiger partial charge in [-0.15, -0.1) is 0 Å². The third-order valence-electron chi connectivity index (χ3n) is 8.28. The molecular weight excluding hydrogens is 596 g/mol. The van der Waals surface area contributed by atoms with Gasteiger partial charge in [-0.2, -0.15) is 0 Å². The van der Waals surface area contributed by atoms with Crippen LogP contribution in [0.1, 0.15) is 181 Å². The molecule has 0 saturated heterocycles. The number of allylic oxidation sites excluding steroid dienone is 10. The van der Waals surface area contributed by atoms with Crippen molar-refractivity contribution in [1.82, 2.24) is 0 Å². The summed E-state index contributed by atoms with van der Waals surface area (Å²) in [6.45, 7) is 4.06. The molecule has 0 saturated carbocycles. The highest BCUT2D eigenvalue weighted by atomic mass is 16.6. The van der Waals surface area contributed by atoms with Crippen molar-refractivity contribution in [3.05, 3.63) is 60.8 Å². The Kier molecular flexibility index (Phi) is 37.1. The van der Waals surface area contributed by atoms with E-state index in [1.807, 2.05) is 0 Å². The van der Waals surface area contributed by atoms with E-state index in [9.17, 15) is 14.7 Å². The van der Waals surface area contributed by atoms with Crippen LogP contribution in [0.2, 0.25) is 0 Å². The molecule has 0 aromatic rings. The zero-order chi connectivity index (χ0) is 35.0.